The number of hydrogen-bond acceptors (Lipinski definition) is 7. The number of nitrogens with two attached hydrogens (primary N) is 1. The minimum absolute atomic E-state index is 0.207. The molecule has 0 unspecified atom stereocenters. The number of halogens is 1. The highest BCUT2D eigenvalue weighted by Gasteiger charge is 2.33. The molecule has 31 heavy (non-hydrogen) atoms. The fourth-order valence-electron chi connectivity index (χ4n) is 4.18. The number of aryl methyl sites for hydroxylation is 1. The number of nitrogens with one attached hydrogen (secondary N) is 1. The predicted molar refractivity (Wildman–Crippen MR) is 122 cm³/mol. The highest BCUT2D eigenvalue weighted by atomic mass is 35.5. The van der Waals surface area contributed by atoms with E-state index >= 15 is 0 Å². The highest BCUT2D eigenvalue weighted by Crippen LogP contribution is 2.39. The second kappa shape index (κ2) is 7.28. The molecular weight excluding hydrogens is 418 g/mol. The summed E-state index contributed by atoms with van der Waals surface area (Å²) in [6.45, 7) is 4.68. The number of hydrogen-bond donors (Lipinski definition) is 2. The predicted octanol–water partition coefficient (Wildman–Crippen LogP) is 2.60. The Labute approximate surface area is 183 Å². The first kappa shape index (κ1) is 19.9. The number of fused-ring (bicyclic) bond motifs is 2. The van der Waals surface area contributed by atoms with Crippen molar-refractivity contribution in [3.63, 3.8) is 0 Å². The van der Waals surface area contributed by atoms with E-state index in [4.69, 9.17) is 21.8 Å². The van der Waals surface area contributed by atoms with Gasteiger partial charge in [-0.2, -0.15) is 9.89 Å². The second-order valence-electron chi connectivity index (χ2n) is 8.43. The van der Waals surface area contributed by atoms with Crippen molar-refractivity contribution in [1.82, 2.24) is 25.0 Å². The first-order chi connectivity index (χ1) is 14.8. The smallest absolute Gasteiger partial charge is 0.292 e. The van der Waals surface area contributed by atoms with Crippen molar-refractivity contribution in [2.24, 2.45) is 5.92 Å². The average molecular weight is 442 g/mol. The Bertz CT molecular complexity index is 1350. The van der Waals surface area contributed by atoms with Crippen molar-refractivity contribution < 1.29 is 4.42 Å². The molecule has 0 spiro atoms. The molecule has 0 saturated carbocycles. The van der Waals surface area contributed by atoms with E-state index in [2.05, 4.69) is 39.3 Å². The van der Waals surface area contributed by atoms with E-state index in [-0.39, 0.29) is 16.9 Å². The molecule has 1 aliphatic heterocycles. The van der Waals surface area contributed by atoms with E-state index in [0.29, 0.717) is 33.4 Å². The quantitative estimate of drug-likeness (QED) is 0.489. The Kier molecular flexibility index (Phi) is 4.67. The van der Waals surface area contributed by atoms with Gasteiger partial charge in [0.2, 0.25) is 0 Å². The third-order valence-electron chi connectivity index (χ3n) is 5.92. The van der Waals surface area contributed by atoms with Gasteiger partial charge in [-0.3, -0.25) is 9.80 Å². The first-order valence-electron chi connectivity index (χ1n) is 10.2. The van der Waals surface area contributed by atoms with Crippen LogP contribution in [-0.2, 0) is 0 Å². The van der Waals surface area contributed by atoms with E-state index < -0.39 is 0 Å². The summed E-state index contributed by atoms with van der Waals surface area (Å²) in [5, 5.41) is 15.1. The number of furan rings is 1. The van der Waals surface area contributed by atoms with Gasteiger partial charge in [-0.15, -0.1) is 5.10 Å². The summed E-state index contributed by atoms with van der Waals surface area (Å²) in [7, 11) is 4.15. The van der Waals surface area contributed by atoms with Crippen LogP contribution >= 0.6 is 11.6 Å². The van der Waals surface area contributed by atoms with Gasteiger partial charge in [-0.1, -0.05) is 11.6 Å². The number of anilines is 1. The van der Waals surface area contributed by atoms with Crippen LogP contribution in [-0.4, -0.2) is 58.7 Å². The molecule has 0 bridgehead atoms. The lowest BCUT2D eigenvalue weighted by atomic mass is 9.98. The van der Waals surface area contributed by atoms with Crippen molar-refractivity contribution in [2.45, 2.75) is 13.3 Å². The zero-order valence-corrected chi connectivity index (χ0v) is 18.4. The Morgan fingerprint density at radius 2 is 2.13 bits per heavy atom. The van der Waals surface area contributed by atoms with Crippen molar-refractivity contribution in [2.75, 3.05) is 44.5 Å². The Balaban J connectivity index is 1.66. The number of H-pyrrole nitrogens is 1. The lowest BCUT2D eigenvalue weighted by Gasteiger charge is -2.41. The summed E-state index contributed by atoms with van der Waals surface area (Å²) in [4.78, 5) is 16.4. The zero-order chi connectivity index (χ0) is 21.9. The van der Waals surface area contributed by atoms with Crippen LogP contribution in [0.25, 0.3) is 33.3 Å². The topological polar surface area (TPSA) is 109 Å². The standard InChI is InChI=1S/C21H24ClN7O2/c1-11-14-8-13(22)4-5-15(14)31-19(11)18-16-17(21(30)25-24-20(16)23)26-29(18)28-9-12(10-28)6-7-27(2)3/h4-5,8,12H,6-7,9-10H2,1-3H3,(H2,23,24)(H,25,30). The summed E-state index contributed by atoms with van der Waals surface area (Å²) in [6.07, 6.45) is 1.10. The monoisotopic (exact) mass is 441 g/mol. The molecule has 0 aliphatic carbocycles. The third-order valence-corrected chi connectivity index (χ3v) is 6.16. The largest absolute Gasteiger partial charge is 0.454 e. The molecular formula is C21H24ClN7O2. The molecule has 9 nitrogen and oxygen atoms in total. The third kappa shape index (κ3) is 3.24. The summed E-state index contributed by atoms with van der Waals surface area (Å²) in [5.41, 5.74) is 8.31. The highest BCUT2D eigenvalue weighted by molar-refractivity contribution is 6.31. The zero-order valence-electron chi connectivity index (χ0n) is 17.6. The van der Waals surface area contributed by atoms with Gasteiger partial charge in [0, 0.05) is 29.1 Å². The number of aromatic nitrogens is 4. The number of nitrogens with zero attached hydrogens (tertiary/aromatic N) is 5. The van der Waals surface area contributed by atoms with E-state index in [1.165, 1.54) is 0 Å². The van der Waals surface area contributed by atoms with E-state index in [1.54, 1.807) is 10.9 Å². The van der Waals surface area contributed by atoms with E-state index in [9.17, 15) is 4.79 Å². The Morgan fingerprint density at radius 1 is 1.35 bits per heavy atom. The van der Waals surface area contributed by atoms with Gasteiger partial charge in [0.05, 0.1) is 5.39 Å². The maximum Gasteiger partial charge on any atom is 0.292 e. The van der Waals surface area contributed by atoms with Crippen LogP contribution in [0.1, 0.15) is 12.0 Å². The van der Waals surface area contributed by atoms with Crippen molar-refractivity contribution >= 4 is 39.3 Å². The molecule has 1 aliphatic rings. The molecule has 0 atom stereocenters. The van der Waals surface area contributed by atoms with Crippen LogP contribution in [0.3, 0.4) is 0 Å². The minimum atomic E-state index is -0.384. The summed E-state index contributed by atoms with van der Waals surface area (Å²) < 4.78 is 6.22. The van der Waals surface area contributed by atoms with Crippen molar-refractivity contribution in [3.8, 4) is 11.5 Å². The molecule has 0 radical (unpaired) electrons. The summed E-state index contributed by atoms with van der Waals surface area (Å²) in [5.74, 6) is 1.38. The van der Waals surface area contributed by atoms with Crippen LogP contribution in [0.2, 0.25) is 5.02 Å². The molecule has 1 saturated heterocycles. The molecule has 1 fully saturated rings. The fourth-order valence-corrected chi connectivity index (χ4v) is 4.35. The lowest BCUT2D eigenvalue weighted by molar-refractivity contribution is 0.268. The number of aromatic amines is 1. The molecule has 0 amide bonds. The summed E-state index contributed by atoms with van der Waals surface area (Å²) in [6, 6.07) is 5.50. The number of rotatable bonds is 5. The first-order valence-corrected chi connectivity index (χ1v) is 10.6. The minimum Gasteiger partial charge on any atom is -0.454 e. The maximum absolute atomic E-state index is 12.5. The van der Waals surface area contributed by atoms with Gasteiger partial charge in [0.15, 0.2) is 17.1 Å². The normalized spacial score (nSPS) is 14.8. The summed E-state index contributed by atoms with van der Waals surface area (Å²) >= 11 is 6.20. The van der Waals surface area contributed by atoms with Crippen molar-refractivity contribution in [1.29, 1.82) is 0 Å². The van der Waals surface area contributed by atoms with Crippen molar-refractivity contribution in [3.05, 3.63) is 39.1 Å². The van der Waals surface area contributed by atoms with Gasteiger partial charge < -0.3 is 15.1 Å². The van der Waals surface area contributed by atoms with Gasteiger partial charge >= 0.3 is 0 Å². The van der Waals surface area contributed by atoms with Crippen LogP contribution in [0.5, 0.6) is 0 Å². The van der Waals surface area contributed by atoms with E-state index in [1.807, 2.05) is 19.1 Å². The fraction of sp³-hybridized carbons (Fsp3) is 0.381. The Hall–Kier alpha value is -3.04. The number of nitrogen functional groups attached to an aromatic ring is 1. The number of benzene rings is 1. The van der Waals surface area contributed by atoms with Gasteiger partial charge in [0.25, 0.3) is 5.56 Å². The SMILES string of the molecule is Cc1c(-c2c3c(N)n[nH]c(=O)c3nn2N2CC(CCN(C)C)C2)oc2ccc(Cl)cc12. The van der Waals surface area contributed by atoms with Gasteiger partial charge in [-0.05, 0) is 58.1 Å². The molecule has 4 heterocycles. The molecule has 5 rings (SSSR count). The van der Waals surface area contributed by atoms with Crippen LogP contribution in [0, 0.1) is 12.8 Å². The average Bonchev–Trinajstić information content (AvgIpc) is 3.23. The molecule has 1 aromatic carbocycles. The van der Waals surface area contributed by atoms with Gasteiger partial charge in [0.1, 0.15) is 11.3 Å². The molecule has 3 aromatic heterocycles. The van der Waals surface area contributed by atoms with Crippen LogP contribution < -0.4 is 16.3 Å². The van der Waals surface area contributed by atoms with Gasteiger partial charge in [-0.25, -0.2) is 5.10 Å². The molecule has 162 valence electrons. The Morgan fingerprint density at radius 3 is 2.87 bits per heavy atom. The van der Waals surface area contributed by atoms with E-state index in [0.717, 1.165) is 37.0 Å². The molecule has 4 aromatic rings. The second-order valence-corrected chi connectivity index (χ2v) is 8.86. The lowest BCUT2D eigenvalue weighted by Crippen LogP contribution is -2.54. The van der Waals surface area contributed by atoms with Crippen LogP contribution in [0.4, 0.5) is 5.82 Å². The molecule has 10 heteroatoms. The molecule has 3 N–H and O–H groups in total. The van der Waals surface area contributed by atoms with Crippen LogP contribution in [0.15, 0.2) is 27.4 Å². The maximum atomic E-state index is 12.5.